The van der Waals surface area contributed by atoms with Gasteiger partial charge in [0.15, 0.2) is 5.17 Å². The van der Waals surface area contributed by atoms with E-state index in [9.17, 15) is 4.79 Å². The smallest absolute Gasteiger partial charge is 0.239 e. The van der Waals surface area contributed by atoms with Crippen LogP contribution in [0.3, 0.4) is 0 Å². The lowest BCUT2D eigenvalue weighted by molar-refractivity contribution is -0.118. The number of carbonyl (C=O) groups is 1. The fourth-order valence-electron chi connectivity index (χ4n) is 2.52. The van der Waals surface area contributed by atoms with Gasteiger partial charge in [-0.3, -0.25) is 4.79 Å². The number of thioether (sulfide) groups is 1. The topological polar surface area (TPSA) is 63.1 Å². The van der Waals surface area contributed by atoms with Crippen LogP contribution in [0.25, 0.3) is 0 Å². The summed E-state index contributed by atoms with van der Waals surface area (Å²) < 4.78 is 5.60. The summed E-state index contributed by atoms with van der Waals surface area (Å²) in [6, 6.07) is 15.1. The van der Waals surface area contributed by atoms with Crippen molar-refractivity contribution in [3.05, 3.63) is 64.7 Å². The number of rotatable bonds is 6. The van der Waals surface area contributed by atoms with Gasteiger partial charge in [0, 0.05) is 5.02 Å². The molecule has 0 bridgehead atoms. The standard InChI is InChI=1S/C20H20ClN3O2S/c1-13(2)26-17-8-6-14(7-9-17)12-22-24-20-23-19(25)18(27-20)11-15-4-3-5-16(21)10-15/h3-10,12-13,18H,11H2,1-2H3,(H,23,24,25)/b22-12+. The van der Waals surface area contributed by atoms with E-state index in [1.807, 2.05) is 62.4 Å². The zero-order chi connectivity index (χ0) is 19.2. The number of amides is 1. The highest BCUT2D eigenvalue weighted by Gasteiger charge is 2.30. The molecule has 0 aromatic heterocycles. The molecule has 7 heteroatoms. The molecule has 1 amide bonds. The summed E-state index contributed by atoms with van der Waals surface area (Å²) in [5.41, 5.74) is 1.92. The first-order chi connectivity index (χ1) is 13.0. The molecule has 1 aliphatic rings. The molecule has 27 heavy (non-hydrogen) atoms. The van der Waals surface area contributed by atoms with E-state index in [2.05, 4.69) is 15.5 Å². The lowest BCUT2D eigenvalue weighted by Gasteiger charge is -2.08. The minimum absolute atomic E-state index is 0.0656. The maximum atomic E-state index is 12.1. The van der Waals surface area contributed by atoms with Crippen LogP contribution in [0.2, 0.25) is 5.02 Å². The van der Waals surface area contributed by atoms with Crippen molar-refractivity contribution < 1.29 is 9.53 Å². The van der Waals surface area contributed by atoms with Gasteiger partial charge in [0.25, 0.3) is 0 Å². The van der Waals surface area contributed by atoms with Gasteiger partial charge >= 0.3 is 0 Å². The van der Waals surface area contributed by atoms with Crippen molar-refractivity contribution in [2.45, 2.75) is 31.6 Å². The second kappa shape index (κ2) is 9.06. The summed E-state index contributed by atoms with van der Waals surface area (Å²) in [5, 5.41) is 11.9. The predicted octanol–water partition coefficient (Wildman–Crippen LogP) is 4.29. The van der Waals surface area contributed by atoms with E-state index >= 15 is 0 Å². The first-order valence-corrected chi connectivity index (χ1v) is 9.85. The molecule has 1 unspecified atom stereocenters. The Morgan fingerprint density at radius 3 is 2.74 bits per heavy atom. The van der Waals surface area contributed by atoms with E-state index in [-0.39, 0.29) is 17.3 Å². The molecule has 140 valence electrons. The molecule has 1 atom stereocenters. The SMILES string of the molecule is CC(C)Oc1ccc(/C=N/N=C2\NC(=O)C(Cc3cccc(Cl)c3)S2)cc1. The highest BCUT2D eigenvalue weighted by atomic mass is 35.5. The molecule has 2 aromatic carbocycles. The maximum Gasteiger partial charge on any atom is 0.239 e. The number of nitrogens with one attached hydrogen (secondary N) is 1. The van der Waals surface area contributed by atoms with Crippen LogP contribution in [-0.4, -0.2) is 28.6 Å². The first-order valence-electron chi connectivity index (χ1n) is 8.59. The van der Waals surface area contributed by atoms with Crippen LogP contribution >= 0.6 is 23.4 Å². The van der Waals surface area contributed by atoms with Crippen molar-refractivity contribution in [3.8, 4) is 5.75 Å². The quantitative estimate of drug-likeness (QED) is 0.580. The molecular weight excluding hydrogens is 382 g/mol. The lowest BCUT2D eigenvalue weighted by atomic mass is 10.1. The third kappa shape index (κ3) is 5.84. The zero-order valence-corrected chi connectivity index (χ0v) is 16.6. The van der Waals surface area contributed by atoms with Crippen molar-refractivity contribution in [1.82, 2.24) is 5.32 Å². The van der Waals surface area contributed by atoms with E-state index < -0.39 is 0 Å². The molecule has 3 rings (SSSR count). The third-order valence-corrected chi connectivity index (χ3v) is 5.00. The van der Waals surface area contributed by atoms with Crippen LogP contribution in [0.15, 0.2) is 58.7 Å². The van der Waals surface area contributed by atoms with E-state index in [1.54, 1.807) is 6.21 Å². The fourth-order valence-corrected chi connectivity index (χ4v) is 3.70. The highest BCUT2D eigenvalue weighted by Crippen LogP contribution is 2.24. The molecule has 1 saturated heterocycles. The number of hydrogen-bond donors (Lipinski definition) is 1. The van der Waals surface area contributed by atoms with Gasteiger partial charge in [-0.1, -0.05) is 35.5 Å². The Morgan fingerprint density at radius 2 is 2.04 bits per heavy atom. The maximum absolute atomic E-state index is 12.1. The van der Waals surface area contributed by atoms with E-state index in [4.69, 9.17) is 16.3 Å². The zero-order valence-electron chi connectivity index (χ0n) is 15.1. The van der Waals surface area contributed by atoms with Crippen LogP contribution < -0.4 is 10.1 Å². The number of halogens is 1. The van der Waals surface area contributed by atoms with Crippen LogP contribution in [0.4, 0.5) is 0 Å². The Hall–Kier alpha value is -2.31. The number of hydrogen-bond acceptors (Lipinski definition) is 5. The van der Waals surface area contributed by atoms with Crippen molar-refractivity contribution in [2.75, 3.05) is 0 Å². The Morgan fingerprint density at radius 1 is 1.26 bits per heavy atom. The van der Waals surface area contributed by atoms with Crippen molar-refractivity contribution in [1.29, 1.82) is 0 Å². The largest absolute Gasteiger partial charge is 0.491 e. The van der Waals surface area contributed by atoms with Gasteiger partial charge in [0.1, 0.15) is 5.75 Å². The Labute approximate surface area is 167 Å². The van der Waals surface area contributed by atoms with Crippen LogP contribution in [0.5, 0.6) is 5.75 Å². The Kier molecular flexibility index (Phi) is 6.53. The van der Waals surface area contributed by atoms with Gasteiger partial charge in [0.2, 0.25) is 5.91 Å². The lowest BCUT2D eigenvalue weighted by Crippen LogP contribution is -2.25. The molecule has 1 fully saturated rings. The summed E-state index contributed by atoms with van der Waals surface area (Å²) in [6.45, 7) is 3.97. The number of amidine groups is 1. The van der Waals surface area contributed by atoms with Crippen LogP contribution in [-0.2, 0) is 11.2 Å². The first kappa shape index (κ1) is 19.5. The van der Waals surface area contributed by atoms with E-state index in [0.717, 1.165) is 16.9 Å². The number of benzene rings is 2. The van der Waals surface area contributed by atoms with Gasteiger partial charge in [-0.05, 0) is 67.8 Å². The van der Waals surface area contributed by atoms with Crippen molar-refractivity contribution >= 4 is 40.7 Å². The fraction of sp³-hybridized carbons (Fsp3) is 0.250. The van der Waals surface area contributed by atoms with Crippen LogP contribution in [0, 0.1) is 0 Å². The third-order valence-electron chi connectivity index (χ3n) is 3.69. The summed E-state index contributed by atoms with van der Waals surface area (Å²) >= 11 is 7.37. The number of carbonyl (C=O) groups excluding carboxylic acids is 1. The predicted molar refractivity (Wildman–Crippen MR) is 112 cm³/mol. The number of ether oxygens (including phenoxy) is 1. The molecule has 0 radical (unpaired) electrons. The van der Waals surface area contributed by atoms with Gasteiger partial charge in [-0.2, -0.15) is 5.10 Å². The summed E-state index contributed by atoms with van der Waals surface area (Å²) in [7, 11) is 0. The number of nitrogens with zero attached hydrogens (tertiary/aromatic N) is 2. The summed E-state index contributed by atoms with van der Waals surface area (Å²) in [4.78, 5) is 12.1. The normalized spacial score (nSPS) is 18.4. The molecule has 5 nitrogen and oxygen atoms in total. The molecule has 0 spiro atoms. The Balaban J connectivity index is 1.58. The summed E-state index contributed by atoms with van der Waals surface area (Å²) in [5.74, 6) is 0.750. The minimum Gasteiger partial charge on any atom is -0.491 e. The second-order valence-corrected chi connectivity index (χ2v) is 7.94. The van der Waals surface area contributed by atoms with Gasteiger partial charge < -0.3 is 10.1 Å². The molecule has 1 N–H and O–H groups in total. The molecule has 2 aromatic rings. The van der Waals surface area contributed by atoms with Crippen molar-refractivity contribution in [3.63, 3.8) is 0 Å². The Bertz CT molecular complexity index is 866. The summed E-state index contributed by atoms with van der Waals surface area (Å²) in [6.07, 6.45) is 2.37. The second-order valence-electron chi connectivity index (χ2n) is 6.32. The van der Waals surface area contributed by atoms with Crippen LogP contribution in [0.1, 0.15) is 25.0 Å². The monoisotopic (exact) mass is 401 g/mol. The average molecular weight is 402 g/mol. The molecule has 1 heterocycles. The molecule has 0 aliphatic carbocycles. The van der Waals surface area contributed by atoms with Gasteiger partial charge in [-0.15, -0.1) is 5.10 Å². The van der Waals surface area contributed by atoms with Gasteiger partial charge in [-0.25, -0.2) is 0 Å². The molecule has 0 saturated carbocycles. The minimum atomic E-state index is -0.232. The molecular formula is C20H20ClN3O2S. The van der Waals surface area contributed by atoms with Crippen molar-refractivity contribution in [2.24, 2.45) is 10.2 Å². The van der Waals surface area contributed by atoms with E-state index in [0.29, 0.717) is 16.6 Å². The highest BCUT2D eigenvalue weighted by molar-refractivity contribution is 8.15. The van der Waals surface area contributed by atoms with Gasteiger partial charge in [0.05, 0.1) is 17.6 Å². The van der Waals surface area contributed by atoms with E-state index in [1.165, 1.54) is 11.8 Å². The molecule has 1 aliphatic heterocycles. The average Bonchev–Trinajstić information content (AvgIpc) is 2.95.